The Balaban J connectivity index is 2.22. The first kappa shape index (κ1) is 8.99. The van der Waals surface area contributed by atoms with E-state index in [1.807, 2.05) is 6.92 Å². The second-order valence-electron chi connectivity index (χ2n) is 2.07. The lowest BCUT2D eigenvalue weighted by atomic mass is 10.6. The number of aromatic nitrogens is 1. The summed E-state index contributed by atoms with van der Waals surface area (Å²) in [6.45, 7) is 2.73. The van der Waals surface area contributed by atoms with Crippen LogP contribution in [0.2, 0.25) is 0 Å². The molecule has 1 aromatic rings. The molecule has 0 unspecified atom stereocenters. The highest BCUT2D eigenvalue weighted by atomic mass is 32.1. The molecule has 0 aliphatic carbocycles. The Morgan fingerprint density at radius 1 is 1.83 bits per heavy atom. The minimum atomic E-state index is -0.383. The second kappa shape index (κ2) is 4.71. The molecular weight excluding hydrogens is 176 g/mol. The minimum Gasteiger partial charge on any atom is -0.444 e. The van der Waals surface area contributed by atoms with E-state index in [1.54, 1.807) is 11.7 Å². The molecule has 0 aliphatic rings. The molecule has 1 N–H and O–H groups in total. The molecule has 1 heterocycles. The molecule has 0 aliphatic heterocycles. The summed E-state index contributed by atoms with van der Waals surface area (Å²) in [4.78, 5) is 15.6. The molecule has 1 amide bonds. The standard InChI is InChI=1S/C7H10N2O2S/c1-2-9-7(10)11-4-6-3-8-5-12-6/h3,5H,2,4H2,1H3,(H,9,10). The van der Waals surface area contributed by atoms with Gasteiger partial charge in [-0.1, -0.05) is 0 Å². The van der Waals surface area contributed by atoms with Crippen molar-refractivity contribution in [3.8, 4) is 0 Å². The van der Waals surface area contributed by atoms with E-state index >= 15 is 0 Å². The maximum absolute atomic E-state index is 10.8. The zero-order valence-electron chi connectivity index (χ0n) is 6.74. The molecule has 12 heavy (non-hydrogen) atoms. The van der Waals surface area contributed by atoms with Crippen LogP contribution in [0.5, 0.6) is 0 Å². The van der Waals surface area contributed by atoms with Crippen molar-refractivity contribution in [2.24, 2.45) is 0 Å². The van der Waals surface area contributed by atoms with Gasteiger partial charge in [-0.05, 0) is 6.92 Å². The summed E-state index contributed by atoms with van der Waals surface area (Å²) in [6, 6.07) is 0. The van der Waals surface area contributed by atoms with E-state index in [2.05, 4.69) is 10.3 Å². The average Bonchev–Trinajstić information content (AvgIpc) is 2.53. The van der Waals surface area contributed by atoms with Gasteiger partial charge in [0.25, 0.3) is 0 Å². The molecule has 1 rings (SSSR count). The fourth-order valence-electron chi connectivity index (χ4n) is 0.645. The summed E-state index contributed by atoms with van der Waals surface area (Å²) in [5.41, 5.74) is 1.70. The largest absolute Gasteiger partial charge is 0.444 e. The Morgan fingerprint density at radius 3 is 3.25 bits per heavy atom. The predicted octanol–water partition coefficient (Wildman–Crippen LogP) is 1.39. The number of nitrogens with one attached hydrogen (secondary N) is 1. The molecule has 0 aromatic carbocycles. The zero-order valence-corrected chi connectivity index (χ0v) is 7.56. The van der Waals surface area contributed by atoms with Crippen molar-refractivity contribution in [2.75, 3.05) is 6.54 Å². The van der Waals surface area contributed by atoms with E-state index in [0.29, 0.717) is 13.2 Å². The van der Waals surface area contributed by atoms with Gasteiger partial charge in [-0.25, -0.2) is 4.79 Å². The first-order chi connectivity index (χ1) is 5.83. The topological polar surface area (TPSA) is 51.2 Å². The number of nitrogens with zero attached hydrogens (tertiary/aromatic N) is 1. The number of hydrogen-bond donors (Lipinski definition) is 1. The van der Waals surface area contributed by atoms with Crippen LogP contribution in [0.4, 0.5) is 4.79 Å². The zero-order chi connectivity index (χ0) is 8.81. The Hall–Kier alpha value is -1.10. The molecule has 0 saturated carbocycles. The van der Waals surface area contributed by atoms with Crippen LogP contribution in [-0.2, 0) is 11.3 Å². The molecule has 0 bridgehead atoms. The number of alkyl carbamates (subject to hydrolysis) is 1. The van der Waals surface area contributed by atoms with Gasteiger partial charge in [-0.2, -0.15) is 0 Å². The van der Waals surface area contributed by atoms with Crippen LogP contribution in [0.1, 0.15) is 11.8 Å². The number of carbonyl (C=O) groups excluding carboxylic acids is 1. The van der Waals surface area contributed by atoms with Crippen molar-refractivity contribution in [1.82, 2.24) is 10.3 Å². The van der Waals surface area contributed by atoms with E-state index in [0.717, 1.165) is 4.88 Å². The van der Waals surface area contributed by atoms with Gasteiger partial charge in [-0.3, -0.25) is 4.98 Å². The van der Waals surface area contributed by atoms with Crippen molar-refractivity contribution < 1.29 is 9.53 Å². The normalized spacial score (nSPS) is 9.42. The highest BCUT2D eigenvalue weighted by Crippen LogP contribution is 2.06. The Labute approximate surface area is 74.6 Å². The Kier molecular flexibility index (Phi) is 3.53. The van der Waals surface area contributed by atoms with E-state index in [1.165, 1.54) is 11.3 Å². The van der Waals surface area contributed by atoms with E-state index in [-0.39, 0.29) is 6.09 Å². The third kappa shape index (κ3) is 2.87. The predicted molar refractivity (Wildman–Crippen MR) is 46.0 cm³/mol. The molecule has 0 radical (unpaired) electrons. The van der Waals surface area contributed by atoms with Gasteiger partial charge in [0.05, 0.1) is 10.4 Å². The molecular formula is C7H10N2O2S. The molecule has 0 atom stereocenters. The molecule has 4 nitrogen and oxygen atoms in total. The van der Waals surface area contributed by atoms with Gasteiger partial charge < -0.3 is 10.1 Å². The molecule has 0 saturated heterocycles. The van der Waals surface area contributed by atoms with Gasteiger partial charge in [0.15, 0.2) is 0 Å². The molecule has 0 spiro atoms. The maximum atomic E-state index is 10.8. The summed E-state index contributed by atoms with van der Waals surface area (Å²) in [5.74, 6) is 0. The van der Waals surface area contributed by atoms with E-state index in [4.69, 9.17) is 4.74 Å². The summed E-state index contributed by atoms with van der Waals surface area (Å²) in [6.07, 6.45) is 1.30. The number of carbonyl (C=O) groups is 1. The van der Waals surface area contributed by atoms with Crippen molar-refractivity contribution >= 4 is 17.4 Å². The van der Waals surface area contributed by atoms with Crippen molar-refractivity contribution in [1.29, 1.82) is 0 Å². The number of thiazole rings is 1. The fraction of sp³-hybridized carbons (Fsp3) is 0.429. The van der Waals surface area contributed by atoms with Gasteiger partial charge in [-0.15, -0.1) is 11.3 Å². The van der Waals surface area contributed by atoms with Crippen LogP contribution in [0, 0.1) is 0 Å². The summed E-state index contributed by atoms with van der Waals surface area (Å²) in [7, 11) is 0. The van der Waals surface area contributed by atoms with Gasteiger partial charge in [0.1, 0.15) is 6.61 Å². The third-order valence-corrected chi connectivity index (χ3v) is 1.90. The minimum absolute atomic E-state index is 0.302. The lowest BCUT2D eigenvalue weighted by molar-refractivity contribution is 0.141. The monoisotopic (exact) mass is 186 g/mol. The maximum Gasteiger partial charge on any atom is 0.407 e. The summed E-state index contributed by atoms with van der Waals surface area (Å²) >= 11 is 1.47. The number of amides is 1. The van der Waals surface area contributed by atoms with Crippen LogP contribution in [0.25, 0.3) is 0 Å². The van der Waals surface area contributed by atoms with E-state index in [9.17, 15) is 4.79 Å². The molecule has 0 fully saturated rings. The summed E-state index contributed by atoms with van der Waals surface area (Å²) < 4.78 is 4.85. The van der Waals surface area contributed by atoms with Crippen molar-refractivity contribution in [3.05, 3.63) is 16.6 Å². The lowest BCUT2D eigenvalue weighted by Gasteiger charge is -2.01. The van der Waals surface area contributed by atoms with Crippen LogP contribution >= 0.6 is 11.3 Å². The smallest absolute Gasteiger partial charge is 0.407 e. The van der Waals surface area contributed by atoms with Crippen LogP contribution in [0.15, 0.2) is 11.7 Å². The van der Waals surface area contributed by atoms with Gasteiger partial charge in [0, 0.05) is 12.7 Å². The highest BCUT2D eigenvalue weighted by molar-refractivity contribution is 7.09. The van der Waals surface area contributed by atoms with Crippen molar-refractivity contribution in [2.45, 2.75) is 13.5 Å². The number of hydrogen-bond acceptors (Lipinski definition) is 4. The lowest BCUT2D eigenvalue weighted by Crippen LogP contribution is -2.23. The second-order valence-corrected chi connectivity index (χ2v) is 3.05. The average molecular weight is 186 g/mol. The quantitative estimate of drug-likeness (QED) is 0.776. The van der Waals surface area contributed by atoms with Crippen molar-refractivity contribution in [3.63, 3.8) is 0 Å². The summed E-state index contributed by atoms with van der Waals surface area (Å²) in [5, 5.41) is 2.53. The number of rotatable bonds is 3. The van der Waals surface area contributed by atoms with Crippen LogP contribution in [0.3, 0.4) is 0 Å². The molecule has 1 aromatic heterocycles. The fourth-order valence-corrected chi connectivity index (χ4v) is 1.15. The Morgan fingerprint density at radius 2 is 2.67 bits per heavy atom. The Bertz CT molecular complexity index is 236. The van der Waals surface area contributed by atoms with Gasteiger partial charge in [0.2, 0.25) is 0 Å². The highest BCUT2D eigenvalue weighted by Gasteiger charge is 2.00. The first-order valence-corrected chi connectivity index (χ1v) is 4.49. The van der Waals surface area contributed by atoms with Crippen LogP contribution in [-0.4, -0.2) is 17.6 Å². The van der Waals surface area contributed by atoms with Gasteiger partial charge >= 0.3 is 6.09 Å². The van der Waals surface area contributed by atoms with E-state index < -0.39 is 0 Å². The van der Waals surface area contributed by atoms with Crippen LogP contribution < -0.4 is 5.32 Å². The SMILES string of the molecule is CCNC(=O)OCc1cncs1. The molecule has 66 valence electrons. The third-order valence-electron chi connectivity index (χ3n) is 1.15. The molecule has 5 heteroatoms. The first-order valence-electron chi connectivity index (χ1n) is 3.61. The number of ether oxygens (including phenoxy) is 1.